The summed E-state index contributed by atoms with van der Waals surface area (Å²) in [6.07, 6.45) is 11.3. The number of β-amino-alcohol motifs (C(OH)–C–C–N with tert-alkyl or cyclic N) is 1. The topological polar surface area (TPSA) is 76.2 Å². The Kier molecular flexibility index (Phi) is 4.43. The second kappa shape index (κ2) is 6.72. The monoisotopic (exact) mass is 343 g/mol. The van der Waals surface area contributed by atoms with Gasteiger partial charge in [0.1, 0.15) is 6.33 Å². The Labute approximate surface area is 146 Å². The largest absolute Gasteiger partial charge is 0.389 e. The molecule has 134 valence electrons. The van der Waals surface area contributed by atoms with Crippen LogP contribution in [0.25, 0.3) is 5.82 Å². The van der Waals surface area contributed by atoms with Crippen LogP contribution in [0.1, 0.15) is 38.5 Å². The van der Waals surface area contributed by atoms with E-state index >= 15 is 0 Å². The second-order valence-corrected chi connectivity index (χ2v) is 7.38. The number of imidazole rings is 1. The molecule has 2 aromatic rings. The molecule has 1 aliphatic heterocycles. The van der Waals surface area contributed by atoms with Gasteiger partial charge in [-0.1, -0.05) is 12.8 Å². The maximum Gasteiger partial charge on any atom is 0.266 e. The van der Waals surface area contributed by atoms with Crippen molar-refractivity contribution in [2.24, 2.45) is 0 Å². The van der Waals surface area contributed by atoms with E-state index in [4.69, 9.17) is 0 Å². The lowest BCUT2D eigenvalue weighted by Gasteiger charge is -2.32. The Morgan fingerprint density at radius 2 is 2.08 bits per heavy atom. The van der Waals surface area contributed by atoms with Crippen LogP contribution in [0, 0.1) is 0 Å². The van der Waals surface area contributed by atoms with E-state index in [-0.39, 0.29) is 11.6 Å². The summed E-state index contributed by atoms with van der Waals surface area (Å²) in [5, 5.41) is 15.2. The van der Waals surface area contributed by atoms with Crippen LogP contribution in [-0.4, -0.2) is 54.1 Å². The number of rotatable bonds is 5. The van der Waals surface area contributed by atoms with Gasteiger partial charge in [0.25, 0.3) is 5.56 Å². The van der Waals surface area contributed by atoms with E-state index in [1.165, 1.54) is 0 Å². The molecule has 0 amide bonds. The molecule has 2 fully saturated rings. The molecule has 1 saturated carbocycles. The Hall–Kier alpha value is -1.99. The highest BCUT2D eigenvalue weighted by Crippen LogP contribution is 2.32. The van der Waals surface area contributed by atoms with E-state index in [0.717, 1.165) is 45.1 Å². The first kappa shape index (κ1) is 16.5. The Balaban J connectivity index is 1.51. The zero-order valence-corrected chi connectivity index (χ0v) is 14.4. The summed E-state index contributed by atoms with van der Waals surface area (Å²) >= 11 is 0. The fraction of sp³-hybridized carbons (Fsp3) is 0.611. The minimum absolute atomic E-state index is 0.0877. The minimum atomic E-state index is -0.542. The molecular formula is C18H25N5O2. The van der Waals surface area contributed by atoms with E-state index in [0.29, 0.717) is 18.9 Å². The fourth-order valence-electron chi connectivity index (χ4n) is 4.18. The van der Waals surface area contributed by atoms with E-state index in [2.05, 4.69) is 15.0 Å². The van der Waals surface area contributed by atoms with Gasteiger partial charge in [0.05, 0.1) is 12.1 Å². The maximum absolute atomic E-state index is 12.3. The molecule has 0 bridgehead atoms. The van der Waals surface area contributed by atoms with Crippen molar-refractivity contribution < 1.29 is 5.11 Å². The average molecular weight is 343 g/mol. The van der Waals surface area contributed by atoms with Gasteiger partial charge in [-0.15, -0.1) is 0 Å². The average Bonchev–Trinajstić information content (AvgIpc) is 3.33. The van der Waals surface area contributed by atoms with E-state index in [1.54, 1.807) is 33.9 Å². The molecule has 1 atom stereocenters. The molecule has 1 unspecified atom stereocenters. The number of nitrogens with zero attached hydrogens (tertiary/aromatic N) is 5. The third kappa shape index (κ3) is 3.52. The molecule has 1 aliphatic carbocycles. The molecule has 1 N–H and O–H groups in total. The van der Waals surface area contributed by atoms with Crippen molar-refractivity contribution in [3.63, 3.8) is 0 Å². The molecule has 2 aromatic heterocycles. The minimum Gasteiger partial charge on any atom is -0.389 e. The van der Waals surface area contributed by atoms with E-state index in [1.807, 2.05) is 6.20 Å². The van der Waals surface area contributed by atoms with Crippen LogP contribution >= 0.6 is 0 Å². The summed E-state index contributed by atoms with van der Waals surface area (Å²) in [5.74, 6) is 0.691. The lowest BCUT2D eigenvalue weighted by atomic mass is 10.0. The Morgan fingerprint density at radius 3 is 2.84 bits per heavy atom. The van der Waals surface area contributed by atoms with Crippen molar-refractivity contribution in [2.45, 2.75) is 56.7 Å². The highest BCUT2D eigenvalue weighted by atomic mass is 16.3. The zero-order valence-electron chi connectivity index (χ0n) is 14.4. The fourth-order valence-corrected chi connectivity index (χ4v) is 4.18. The standard InChI is InChI=1S/C18H25N5O2/c24-17-6-5-16(22-11-9-19-14-22)20-23(17)12-15-4-3-10-21(15)13-18(25)7-1-2-8-18/h5-6,9,11,14-15,25H,1-4,7-8,10,12-13H2. The first-order valence-electron chi connectivity index (χ1n) is 9.16. The molecule has 7 heteroatoms. The predicted molar refractivity (Wildman–Crippen MR) is 93.6 cm³/mol. The van der Waals surface area contributed by atoms with Crippen LogP contribution in [0.2, 0.25) is 0 Å². The number of aliphatic hydroxyl groups is 1. The molecule has 2 aliphatic rings. The molecular weight excluding hydrogens is 318 g/mol. The quantitative estimate of drug-likeness (QED) is 0.883. The molecule has 1 saturated heterocycles. The van der Waals surface area contributed by atoms with Gasteiger partial charge in [-0.2, -0.15) is 5.10 Å². The molecule has 7 nitrogen and oxygen atoms in total. The summed E-state index contributed by atoms with van der Waals surface area (Å²) in [4.78, 5) is 18.6. The summed E-state index contributed by atoms with van der Waals surface area (Å²) in [7, 11) is 0. The van der Waals surface area contributed by atoms with Gasteiger partial charge in [-0.3, -0.25) is 14.3 Å². The molecule has 3 heterocycles. The van der Waals surface area contributed by atoms with Crippen LogP contribution < -0.4 is 5.56 Å². The normalized spacial score (nSPS) is 23.3. The summed E-state index contributed by atoms with van der Waals surface area (Å²) < 4.78 is 3.35. The smallest absolute Gasteiger partial charge is 0.266 e. The maximum atomic E-state index is 12.3. The lowest BCUT2D eigenvalue weighted by molar-refractivity contribution is 0.00356. The van der Waals surface area contributed by atoms with Crippen molar-refractivity contribution in [3.05, 3.63) is 41.2 Å². The van der Waals surface area contributed by atoms with Crippen LogP contribution in [-0.2, 0) is 6.54 Å². The zero-order chi connectivity index (χ0) is 17.3. The number of hydrogen-bond acceptors (Lipinski definition) is 5. The molecule has 25 heavy (non-hydrogen) atoms. The molecule has 0 spiro atoms. The van der Waals surface area contributed by atoms with Gasteiger partial charge >= 0.3 is 0 Å². The van der Waals surface area contributed by atoms with Gasteiger partial charge in [-0.25, -0.2) is 9.67 Å². The highest BCUT2D eigenvalue weighted by molar-refractivity contribution is 5.19. The van der Waals surface area contributed by atoms with Crippen molar-refractivity contribution in [1.82, 2.24) is 24.2 Å². The Morgan fingerprint density at radius 1 is 1.24 bits per heavy atom. The van der Waals surface area contributed by atoms with Gasteiger partial charge in [0.2, 0.25) is 0 Å². The molecule has 0 aromatic carbocycles. The lowest BCUT2D eigenvalue weighted by Crippen LogP contribution is -2.45. The van der Waals surface area contributed by atoms with Crippen LogP contribution in [0.4, 0.5) is 0 Å². The number of aromatic nitrogens is 4. The van der Waals surface area contributed by atoms with Crippen LogP contribution in [0.3, 0.4) is 0 Å². The summed E-state index contributed by atoms with van der Waals surface area (Å²) in [5.41, 5.74) is -0.630. The van der Waals surface area contributed by atoms with Crippen molar-refractivity contribution in [1.29, 1.82) is 0 Å². The van der Waals surface area contributed by atoms with Gasteiger partial charge in [0.15, 0.2) is 5.82 Å². The van der Waals surface area contributed by atoms with Gasteiger partial charge in [-0.05, 0) is 38.3 Å². The van der Waals surface area contributed by atoms with Crippen molar-refractivity contribution in [2.75, 3.05) is 13.1 Å². The first-order valence-corrected chi connectivity index (χ1v) is 9.16. The number of likely N-dealkylation sites (tertiary alicyclic amines) is 1. The van der Waals surface area contributed by atoms with Crippen molar-refractivity contribution in [3.8, 4) is 5.82 Å². The Bertz CT molecular complexity index is 764. The van der Waals surface area contributed by atoms with E-state index < -0.39 is 5.60 Å². The number of hydrogen-bond donors (Lipinski definition) is 1. The highest BCUT2D eigenvalue weighted by Gasteiger charge is 2.36. The summed E-state index contributed by atoms with van der Waals surface area (Å²) in [6.45, 7) is 2.27. The van der Waals surface area contributed by atoms with Crippen LogP contribution in [0.5, 0.6) is 0 Å². The second-order valence-electron chi connectivity index (χ2n) is 7.38. The third-order valence-electron chi connectivity index (χ3n) is 5.54. The van der Waals surface area contributed by atoms with Crippen molar-refractivity contribution >= 4 is 0 Å². The SMILES string of the molecule is O=c1ccc(-n2ccnc2)nn1CC1CCCN1CC1(O)CCCC1. The predicted octanol–water partition coefficient (Wildman–Crippen LogP) is 1.20. The van der Waals surface area contributed by atoms with Crippen LogP contribution in [0.15, 0.2) is 35.6 Å². The van der Waals surface area contributed by atoms with E-state index in [9.17, 15) is 9.90 Å². The molecule has 0 radical (unpaired) electrons. The molecule has 4 rings (SSSR count). The summed E-state index contributed by atoms with van der Waals surface area (Å²) in [6, 6.07) is 3.54. The van der Waals surface area contributed by atoms with Gasteiger partial charge in [0, 0.05) is 31.0 Å². The van der Waals surface area contributed by atoms with Gasteiger partial charge < -0.3 is 5.11 Å². The third-order valence-corrected chi connectivity index (χ3v) is 5.54. The first-order chi connectivity index (χ1) is 12.1.